The van der Waals surface area contributed by atoms with E-state index in [4.69, 9.17) is 9.41 Å². The number of aromatic nitrogens is 2. The molecule has 1 N–H and O–H groups in total. The highest BCUT2D eigenvalue weighted by molar-refractivity contribution is 6.11. The number of nitrogens with zero attached hydrogens (tertiary/aromatic N) is 3. The molecule has 0 aliphatic heterocycles. The van der Waals surface area contributed by atoms with E-state index in [0.717, 1.165) is 33.6 Å². The molecule has 2 heterocycles. The minimum atomic E-state index is 0. The average molecular weight is 417 g/mol. The predicted octanol–water partition coefficient (Wildman–Crippen LogP) is 5.40. The Bertz CT molecular complexity index is 1030. The second-order valence-electron chi connectivity index (χ2n) is 5.97. The number of fused-ring (bicyclic) bond motifs is 1. The lowest BCUT2D eigenvalue weighted by molar-refractivity contribution is 0.615. The van der Waals surface area contributed by atoms with Crippen LogP contribution in [0.5, 0.6) is 0 Å². The number of para-hydroxylation sites is 1. The molecular formula is C21H22Cl2N4O. The average Bonchev–Trinajstić information content (AvgIpc) is 3.34. The van der Waals surface area contributed by atoms with Gasteiger partial charge in [-0.25, -0.2) is 4.98 Å². The third-order valence-electron chi connectivity index (χ3n) is 4.25. The number of hydrogen-bond acceptors (Lipinski definition) is 3. The van der Waals surface area contributed by atoms with Crippen LogP contribution < -0.4 is 5.32 Å². The van der Waals surface area contributed by atoms with E-state index in [0.29, 0.717) is 13.1 Å². The van der Waals surface area contributed by atoms with Gasteiger partial charge in [-0.2, -0.15) is 0 Å². The van der Waals surface area contributed by atoms with Gasteiger partial charge >= 0.3 is 0 Å². The molecule has 0 amide bonds. The summed E-state index contributed by atoms with van der Waals surface area (Å²) >= 11 is 0. The Morgan fingerprint density at radius 1 is 1.11 bits per heavy atom. The maximum absolute atomic E-state index is 5.61. The summed E-state index contributed by atoms with van der Waals surface area (Å²) in [7, 11) is 0. The number of nitrogens with one attached hydrogen (secondary N) is 1. The molecule has 4 aromatic rings. The first-order valence-corrected chi connectivity index (χ1v) is 8.67. The summed E-state index contributed by atoms with van der Waals surface area (Å²) < 4.78 is 7.66. The molecule has 7 heteroatoms. The zero-order valence-corrected chi connectivity index (χ0v) is 17.0. The van der Waals surface area contributed by atoms with Crippen LogP contribution in [-0.2, 0) is 6.54 Å². The number of imidazole rings is 1. The van der Waals surface area contributed by atoms with E-state index in [1.54, 1.807) is 12.5 Å². The van der Waals surface area contributed by atoms with Gasteiger partial charge in [-0.05, 0) is 42.8 Å². The van der Waals surface area contributed by atoms with Crippen LogP contribution in [0.15, 0.2) is 82.9 Å². The smallest absolute Gasteiger partial charge is 0.134 e. The first kappa shape index (κ1) is 21.5. The van der Waals surface area contributed by atoms with Crippen molar-refractivity contribution in [1.29, 1.82) is 0 Å². The van der Waals surface area contributed by atoms with Gasteiger partial charge in [0.25, 0.3) is 0 Å². The molecule has 0 atom stereocenters. The van der Waals surface area contributed by atoms with Gasteiger partial charge < -0.3 is 14.3 Å². The summed E-state index contributed by atoms with van der Waals surface area (Å²) in [4.78, 5) is 8.88. The van der Waals surface area contributed by atoms with Crippen molar-refractivity contribution in [2.45, 2.75) is 13.5 Å². The van der Waals surface area contributed by atoms with Gasteiger partial charge in [-0.1, -0.05) is 18.2 Å². The molecule has 0 radical (unpaired) electrons. The van der Waals surface area contributed by atoms with Gasteiger partial charge in [0.2, 0.25) is 0 Å². The molecule has 0 saturated heterocycles. The van der Waals surface area contributed by atoms with Crippen molar-refractivity contribution >= 4 is 47.3 Å². The maximum atomic E-state index is 5.61. The fraction of sp³-hybridized carbons (Fsp3) is 0.143. The second-order valence-corrected chi connectivity index (χ2v) is 5.97. The Morgan fingerprint density at radius 2 is 1.93 bits per heavy atom. The maximum Gasteiger partial charge on any atom is 0.134 e. The van der Waals surface area contributed by atoms with E-state index in [2.05, 4.69) is 20.9 Å². The van der Waals surface area contributed by atoms with Crippen LogP contribution in [0.1, 0.15) is 18.1 Å². The highest BCUT2D eigenvalue weighted by Crippen LogP contribution is 2.26. The summed E-state index contributed by atoms with van der Waals surface area (Å²) in [5.41, 5.74) is 4.11. The Balaban J connectivity index is 0.00000140. The molecule has 0 bridgehead atoms. The lowest BCUT2D eigenvalue weighted by Crippen LogP contribution is -2.17. The van der Waals surface area contributed by atoms with Crippen LogP contribution in [0.25, 0.3) is 11.0 Å². The number of furan rings is 1. The van der Waals surface area contributed by atoms with Crippen molar-refractivity contribution in [2.75, 3.05) is 11.9 Å². The Morgan fingerprint density at radius 3 is 2.64 bits per heavy atom. The molecular weight excluding hydrogens is 395 g/mol. The van der Waals surface area contributed by atoms with E-state index in [1.165, 1.54) is 0 Å². The van der Waals surface area contributed by atoms with E-state index in [-0.39, 0.29) is 24.8 Å². The Hall–Kier alpha value is -2.76. The van der Waals surface area contributed by atoms with Crippen molar-refractivity contribution in [3.05, 3.63) is 84.6 Å². The van der Waals surface area contributed by atoms with Crippen molar-refractivity contribution in [3.8, 4) is 0 Å². The van der Waals surface area contributed by atoms with Crippen LogP contribution in [-0.4, -0.2) is 21.9 Å². The number of amidine groups is 1. The van der Waals surface area contributed by atoms with Crippen LogP contribution >= 0.6 is 24.8 Å². The van der Waals surface area contributed by atoms with Gasteiger partial charge in [0.05, 0.1) is 12.6 Å². The number of aliphatic imine (C=N–C) groups is 1. The molecule has 28 heavy (non-hydrogen) atoms. The molecule has 146 valence electrons. The summed E-state index contributed by atoms with van der Waals surface area (Å²) in [6.45, 7) is 3.44. The standard InChI is InChI=1S/C21H20N4O.2ClH/c1-2-23-21(24-16-6-4-3-5-7-16)18-8-9-20-17(10-13-26-20)19(18)14-25-12-11-22-15-25;;/h3-13,15H,2,14H2,1H3,(H,23,24);2*1H. The molecule has 0 fully saturated rings. The molecule has 5 nitrogen and oxygen atoms in total. The van der Waals surface area contributed by atoms with Gasteiger partial charge in [0, 0.05) is 42.1 Å². The number of rotatable bonds is 5. The van der Waals surface area contributed by atoms with E-state index >= 15 is 0 Å². The van der Waals surface area contributed by atoms with Crippen molar-refractivity contribution < 1.29 is 4.42 Å². The fourth-order valence-corrected chi connectivity index (χ4v) is 3.07. The zero-order chi connectivity index (χ0) is 17.8. The fourth-order valence-electron chi connectivity index (χ4n) is 3.07. The van der Waals surface area contributed by atoms with Crippen LogP contribution in [0.4, 0.5) is 5.69 Å². The topological polar surface area (TPSA) is 55.4 Å². The lowest BCUT2D eigenvalue weighted by atomic mass is 10.0. The molecule has 0 unspecified atom stereocenters. The van der Waals surface area contributed by atoms with Gasteiger partial charge in [0.15, 0.2) is 0 Å². The van der Waals surface area contributed by atoms with E-state index < -0.39 is 0 Å². The van der Waals surface area contributed by atoms with E-state index in [1.807, 2.05) is 61.9 Å². The number of anilines is 1. The lowest BCUT2D eigenvalue weighted by Gasteiger charge is -2.16. The molecule has 4 rings (SSSR count). The van der Waals surface area contributed by atoms with Crippen molar-refractivity contribution in [2.24, 2.45) is 4.99 Å². The molecule has 0 aliphatic rings. The van der Waals surface area contributed by atoms with Crippen molar-refractivity contribution in [3.63, 3.8) is 0 Å². The first-order chi connectivity index (χ1) is 12.8. The summed E-state index contributed by atoms with van der Waals surface area (Å²) in [6, 6.07) is 16.2. The summed E-state index contributed by atoms with van der Waals surface area (Å²) in [5.74, 6) is 0.858. The molecule has 0 aliphatic carbocycles. The number of hydrogen-bond donors (Lipinski definition) is 1. The SMILES string of the molecule is CCN=C(Nc1ccccc1)c1ccc2occc2c1Cn1ccnc1.Cl.Cl. The quantitative estimate of drug-likeness (QED) is 0.350. The minimum absolute atomic E-state index is 0. The van der Waals surface area contributed by atoms with Gasteiger partial charge in [-0.3, -0.25) is 4.99 Å². The largest absolute Gasteiger partial charge is 0.464 e. The highest BCUT2D eigenvalue weighted by atomic mass is 35.5. The summed E-state index contributed by atoms with van der Waals surface area (Å²) in [5, 5.41) is 4.56. The number of halogens is 2. The van der Waals surface area contributed by atoms with Gasteiger partial charge in [-0.15, -0.1) is 24.8 Å². The molecule has 2 aromatic heterocycles. The van der Waals surface area contributed by atoms with Crippen LogP contribution in [0, 0.1) is 0 Å². The van der Waals surface area contributed by atoms with Crippen LogP contribution in [0.2, 0.25) is 0 Å². The normalized spacial score (nSPS) is 11.0. The minimum Gasteiger partial charge on any atom is -0.464 e. The molecule has 0 saturated carbocycles. The highest BCUT2D eigenvalue weighted by Gasteiger charge is 2.15. The van der Waals surface area contributed by atoms with Gasteiger partial charge in [0.1, 0.15) is 11.4 Å². The number of benzene rings is 2. The monoisotopic (exact) mass is 416 g/mol. The Kier molecular flexibility index (Phi) is 7.67. The predicted molar refractivity (Wildman–Crippen MR) is 119 cm³/mol. The Labute approximate surface area is 176 Å². The third-order valence-corrected chi connectivity index (χ3v) is 4.25. The second kappa shape index (κ2) is 9.97. The molecule has 2 aromatic carbocycles. The van der Waals surface area contributed by atoms with Crippen molar-refractivity contribution in [1.82, 2.24) is 9.55 Å². The third kappa shape index (κ3) is 4.55. The first-order valence-electron chi connectivity index (χ1n) is 8.67. The van der Waals surface area contributed by atoms with E-state index in [9.17, 15) is 0 Å². The van der Waals surface area contributed by atoms with Crippen LogP contribution in [0.3, 0.4) is 0 Å². The molecule has 0 spiro atoms. The zero-order valence-electron chi connectivity index (χ0n) is 15.4. The summed E-state index contributed by atoms with van der Waals surface area (Å²) in [6.07, 6.45) is 7.31.